The van der Waals surface area contributed by atoms with E-state index in [0.717, 1.165) is 56.9 Å². The van der Waals surface area contributed by atoms with Gasteiger partial charge >= 0.3 is 6.18 Å². The number of alkyl halides is 3. The molecule has 25 heavy (non-hydrogen) atoms. The Labute approximate surface area is 144 Å². The highest BCUT2D eigenvalue weighted by molar-refractivity contribution is 5.28. The third-order valence-corrected chi connectivity index (χ3v) is 4.20. The largest absolute Gasteiger partial charge is 0.433 e. The molecule has 8 heteroatoms. The number of nitrogens with one attached hydrogen (secondary N) is 1. The van der Waals surface area contributed by atoms with Gasteiger partial charge < -0.3 is 10.2 Å². The predicted octanol–water partition coefficient (Wildman–Crippen LogP) is 3.01. The molecule has 2 aromatic heterocycles. The molecule has 1 fully saturated rings. The lowest BCUT2D eigenvalue weighted by molar-refractivity contribution is -0.141. The van der Waals surface area contributed by atoms with Crippen LogP contribution < -0.4 is 5.32 Å². The van der Waals surface area contributed by atoms with Crippen molar-refractivity contribution in [1.29, 1.82) is 0 Å². The average molecular weight is 351 g/mol. The minimum atomic E-state index is -4.46. The van der Waals surface area contributed by atoms with Gasteiger partial charge in [0.05, 0.1) is 0 Å². The van der Waals surface area contributed by atoms with E-state index in [9.17, 15) is 13.2 Å². The maximum atomic E-state index is 12.7. The Morgan fingerprint density at radius 1 is 1.16 bits per heavy atom. The van der Waals surface area contributed by atoms with E-state index in [1.54, 1.807) is 6.20 Å². The smallest absolute Gasteiger partial charge is 0.350 e. The lowest BCUT2D eigenvalue weighted by atomic mass is 10.1. The third-order valence-electron chi connectivity index (χ3n) is 4.20. The molecule has 0 saturated carbocycles. The van der Waals surface area contributed by atoms with E-state index >= 15 is 0 Å². The second-order valence-corrected chi connectivity index (χ2v) is 6.12. The molecule has 2 aromatic rings. The molecule has 1 saturated heterocycles. The number of nitrogens with zero attached hydrogens (tertiary/aromatic N) is 4. The first-order valence-corrected chi connectivity index (χ1v) is 8.30. The highest BCUT2D eigenvalue weighted by atomic mass is 19.4. The van der Waals surface area contributed by atoms with Gasteiger partial charge in [-0.1, -0.05) is 6.07 Å². The standard InChI is InChI=1S/C17H20F3N5/c18-17(19,20)15-6-9-22-16(24-15)23-14-5-3-10-25(12-14)11-7-13-4-1-2-8-21-13/h1-2,4,6,8-9,14H,3,5,7,10-12H2,(H,22,23,24). The zero-order valence-corrected chi connectivity index (χ0v) is 13.7. The summed E-state index contributed by atoms with van der Waals surface area (Å²) in [5.74, 6) is 0.0337. The Balaban J connectivity index is 1.55. The van der Waals surface area contributed by atoms with Gasteiger partial charge in [0.25, 0.3) is 0 Å². The van der Waals surface area contributed by atoms with Crippen LogP contribution in [0.4, 0.5) is 19.1 Å². The number of anilines is 1. The summed E-state index contributed by atoms with van der Waals surface area (Å²) < 4.78 is 38.2. The maximum Gasteiger partial charge on any atom is 0.433 e. The van der Waals surface area contributed by atoms with Crippen LogP contribution in [0.2, 0.25) is 0 Å². The summed E-state index contributed by atoms with van der Waals surface area (Å²) in [6.45, 7) is 2.61. The normalized spacial score (nSPS) is 18.9. The van der Waals surface area contributed by atoms with E-state index in [1.807, 2.05) is 18.2 Å². The predicted molar refractivity (Wildman–Crippen MR) is 88.1 cm³/mol. The molecule has 1 atom stereocenters. The third kappa shape index (κ3) is 5.12. The van der Waals surface area contributed by atoms with Gasteiger partial charge in [-0.25, -0.2) is 9.97 Å². The number of hydrogen-bond donors (Lipinski definition) is 1. The second-order valence-electron chi connectivity index (χ2n) is 6.12. The molecule has 5 nitrogen and oxygen atoms in total. The highest BCUT2D eigenvalue weighted by Gasteiger charge is 2.33. The van der Waals surface area contributed by atoms with Crippen LogP contribution in [0.3, 0.4) is 0 Å². The summed E-state index contributed by atoms with van der Waals surface area (Å²) >= 11 is 0. The summed E-state index contributed by atoms with van der Waals surface area (Å²) in [7, 11) is 0. The summed E-state index contributed by atoms with van der Waals surface area (Å²) in [6.07, 6.45) is 1.19. The van der Waals surface area contributed by atoms with E-state index in [1.165, 1.54) is 0 Å². The fraction of sp³-hybridized carbons (Fsp3) is 0.471. The molecule has 0 radical (unpaired) electrons. The molecule has 134 valence electrons. The van der Waals surface area contributed by atoms with Crippen LogP contribution in [0.15, 0.2) is 36.7 Å². The van der Waals surface area contributed by atoms with Crippen LogP contribution in [0.1, 0.15) is 24.2 Å². The zero-order valence-electron chi connectivity index (χ0n) is 13.7. The van der Waals surface area contributed by atoms with Crippen molar-refractivity contribution < 1.29 is 13.2 Å². The first-order valence-electron chi connectivity index (χ1n) is 8.30. The van der Waals surface area contributed by atoms with Crippen molar-refractivity contribution in [3.8, 4) is 0 Å². The molecule has 0 aliphatic carbocycles. The van der Waals surface area contributed by atoms with Crippen molar-refractivity contribution >= 4 is 5.95 Å². The minimum Gasteiger partial charge on any atom is -0.350 e. The van der Waals surface area contributed by atoms with Crippen LogP contribution >= 0.6 is 0 Å². The molecule has 1 aliphatic heterocycles. The minimum absolute atomic E-state index is 0.0337. The topological polar surface area (TPSA) is 53.9 Å². The molecule has 0 amide bonds. The molecular formula is C17H20F3N5. The van der Waals surface area contributed by atoms with Crippen LogP contribution in [-0.2, 0) is 12.6 Å². The number of aromatic nitrogens is 3. The Bertz CT molecular complexity index is 677. The van der Waals surface area contributed by atoms with Gasteiger partial charge in [-0.15, -0.1) is 0 Å². The van der Waals surface area contributed by atoms with Gasteiger partial charge in [0.2, 0.25) is 5.95 Å². The molecule has 1 unspecified atom stereocenters. The van der Waals surface area contributed by atoms with Gasteiger partial charge in [0, 0.05) is 43.6 Å². The van der Waals surface area contributed by atoms with Gasteiger partial charge in [0.1, 0.15) is 5.69 Å². The second kappa shape index (κ2) is 7.77. The Kier molecular flexibility index (Phi) is 5.47. The lowest BCUT2D eigenvalue weighted by Gasteiger charge is -2.33. The summed E-state index contributed by atoms with van der Waals surface area (Å²) in [4.78, 5) is 14.1. The lowest BCUT2D eigenvalue weighted by Crippen LogP contribution is -2.43. The monoisotopic (exact) mass is 351 g/mol. The zero-order chi connectivity index (χ0) is 17.7. The van der Waals surface area contributed by atoms with E-state index < -0.39 is 11.9 Å². The summed E-state index contributed by atoms with van der Waals surface area (Å²) in [5.41, 5.74) is 0.117. The average Bonchev–Trinajstić information content (AvgIpc) is 2.61. The van der Waals surface area contributed by atoms with Crippen LogP contribution in [-0.4, -0.2) is 45.5 Å². The maximum absolute atomic E-state index is 12.7. The van der Waals surface area contributed by atoms with E-state index in [-0.39, 0.29) is 12.0 Å². The number of halogens is 3. The van der Waals surface area contributed by atoms with Gasteiger partial charge in [-0.05, 0) is 37.6 Å². The van der Waals surface area contributed by atoms with E-state index in [0.29, 0.717) is 0 Å². The number of piperidine rings is 1. The highest BCUT2D eigenvalue weighted by Crippen LogP contribution is 2.27. The fourth-order valence-corrected chi connectivity index (χ4v) is 2.96. The fourth-order valence-electron chi connectivity index (χ4n) is 2.96. The molecule has 3 heterocycles. The van der Waals surface area contributed by atoms with E-state index in [4.69, 9.17) is 0 Å². The van der Waals surface area contributed by atoms with Gasteiger partial charge in [-0.2, -0.15) is 13.2 Å². The molecular weight excluding hydrogens is 331 g/mol. The van der Waals surface area contributed by atoms with Crippen molar-refractivity contribution in [1.82, 2.24) is 19.9 Å². The van der Waals surface area contributed by atoms with Crippen molar-refractivity contribution in [3.63, 3.8) is 0 Å². The van der Waals surface area contributed by atoms with Crippen LogP contribution in [0, 0.1) is 0 Å². The SMILES string of the molecule is FC(F)(F)c1ccnc(NC2CCCN(CCc3ccccn3)C2)n1. The summed E-state index contributed by atoms with van der Waals surface area (Å²) in [6, 6.07) is 6.77. The number of likely N-dealkylation sites (tertiary alicyclic amines) is 1. The molecule has 0 spiro atoms. The molecule has 3 rings (SSSR count). The Hall–Kier alpha value is -2.22. The van der Waals surface area contributed by atoms with Crippen LogP contribution in [0.25, 0.3) is 0 Å². The van der Waals surface area contributed by atoms with Gasteiger partial charge in [0.15, 0.2) is 0 Å². The Morgan fingerprint density at radius 3 is 2.80 bits per heavy atom. The first-order chi connectivity index (χ1) is 12.0. The first kappa shape index (κ1) is 17.6. The number of hydrogen-bond acceptors (Lipinski definition) is 5. The number of rotatable bonds is 5. The van der Waals surface area contributed by atoms with Gasteiger partial charge in [-0.3, -0.25) is 4.98 Å². The quantitative estimate of drug-likeness (QED) is 0.897. The summed E-state index contributed by atoms with van der Waals surface area (Å²) in [5, 5.41) is 3.04. The van der Waals surface area contributed by atoms with Crippen molar-refractivity contribution in [3.05, 3.63) is 48.0 Å². The molecule has 0 aromatic carbocycles. The van der Waals surface area contributed by atoms with Crippen LogP contribution in [0.5, 0.6) is 0 Å². The van der Waals surface area contributed by atoms with Crippen molar-refractivity contribution in [2.75, 3.05) is 25.0 Å². The number of pyridine rings is 1. The molecule has 0 bridgehead atoms. The molecule has 1 N–H and O–H groups in total. The molecule has 1 aliphatic rings. The van der Waals surface area contributed by atoms with E-state index in [2.05, 4.69) is 25.2 Å². The Morgan fingerprint density at radius 2 is 2.04 bits per heavy atom. The van der Waals surface area contributed by atoms with Crippen molar-refractivity contribution in [2.45, 2.75) is 31.5 Å². The van der Waals surface area contributed by atoms with Crippen molar-refractivity contribution in [2.24, 2.45) is 0 Å².